The van der Waals surface area contributed by atoms with Crippen molar-refractivity contribution < 1.29 is 9.59 Å². The highest BCUT2D eigenvalue weighted by molar-refractivity contribution is 6.19. The summed E-state index contributed by atoms with van der Waals surface area (Å²) in [4.78, 5) is 30.1. The Balaban J connectivity index is 1.61. The normalized spacial score (nSPS) is 16.5. The van der Waals surface area contributed by atoms with Crippen LogP contribution in [0.3, 0.4) is 0 Å². The van der Waals surface area contributed by atoms with E-state index in [4.69, 9.17) is 5.73 Å². The molecule has 3 aromatic rings. The van der Waals surface area contributed by atoms with Crippen molar-refractivity contribution in [3.8, 4) is 0 Å². The summed E-state index contributed by atoms with van der Waals surface area (Å²) in [6.45, 7) is 0. The van der Waals surface area contributed by atoms with E-state index in [2.05, 4.69) is 15.6 Å². The van der Waals surface area contributed by atoms with Crippen molar-refractivity contribution >= 4 is 23.2 Å². The third-order valence-electron chi connectivity index (χ3n) is 4.91. The van der Waals surface area contributed by atoms with Gasteiger partial charge < -0.3 is 16.4 Å². The van der Waals surface area contributed by atoms with Crippen molar-refractivity contribution in [1.82, 2.24) is 5.32 Å². The van der Waals surface area contributed by atoms with Gasteiger partial charge >= 0.3 is 0 Å². The SMILES string of the molecule is N[C@@H](Cc1ccccc1)C(=O)NC1N=C(c2ccccc2)c2ccccc2NC1=O. The second-order valence-corrected chi connectivity index (χ2v) is 7.09. The standard InChI is InChI=1S/C24H22N4O2/c25-19(15-16-9-3-1-4-10-16)23(29)28-22-24(30)26-20-14-8-7-13-18(20)21(27-22)17-11-5-2-6-12-17/h1-14,19,22H,15,25H2,(H,26,30)(H,28,29)/t19-,22?/m0/s1. The summed E-state index contributed by atoms with van der Waals surface area (Å²) in [5, 5.41) is 5.56. The lowest BCUT2D eigenvalue weighted by molar-refractivity contribution is -0.127. The van der Waals surface area contributed by atoms with Gasteiger partial charge in [0.05, 0.1) is 17.4 Å². The number of anilines is 1. The number of nitrogens with two attached hydrogens (primary N) is 1. The Kier molecular flexibility index (Phi) is 5.68. The molecule has 6 nitrogen and oxygen atoms in total. The van der Waals surface area contributed by atoms with Gasteiger partial charge in [-0.15, -0.1) is 0 Å². The van der Waals surface area contributed by atoms with Gasteiger partial charge in [0.25, 0.3) is 5.91 Å². The molecule has 0 bridgehead atoms. The second kappa shape index (κ2) is 8.71. The zero-order valence-corrected chi connectivity index (χ0v) is 16.3. The number of benzene rings is 3. The lowest BCUT2D eigenvalue weighted by Gasteiger charge is -2.17. The molecule has 2 amide bonds. The van der Waals surface area contributed by atoms with E-state index in [-0.39, 0.29) is 0 Å². The summed E-state index contributed by atoms with van der Waals surface area (Å²) in [5.74, 6) is -0.838. The number of fused-ring (bicyclic) bond motifs is 1. The number of nitrogens with zero attached hydrogens (tertiary/aromatic N) is 1. The van der Waals surface area contributed by atoms with E-state index in [1.165, 1.54) is 0 Å². The van der Waals surface area contributed by atoms with E-state index < -0.39 is 24.0 Å². The van der Waals surface area contributed by atoms with Crippen LogP contribution in [0.2, 0.25) is 0 Å². The van der Waals surface area contributed by atoms with Gasteiger partial charge in [0.2, 0.25) is 12.1 Å². The van der Waals surface area contributed by atoms with Crippen molar-refractivity contribution in [3.63, 3.8) is 0 Å². The number of benzodiazepines with no additional fused rings is 1. The first-order valence-corrected chi connectivity index (χ1v) is 9.75. The summed E-state index contributed by atoms with van der Waals surface area (Å²) in [7, 11) is 0. The van der Waals surface area contributed by atoms with E-state index in [1.54, 1.807) is 0 Å². The number of para-hydroxylation sites is 1. The molecule has 30 heavy (non-hydrogen) atoms. The highest BCUT2D eigenvalue weighted by atomic mass is 16.2. The molecule has 1 heterocycles. The van der Waals surface area contributed by atoms with Crippen LogP contribution in [0.1, 0.15) is 16.7 Å². The molecule has 4 N–H and O–H groups in total. The van der Waals surface area contributed by atoms with E-state index in [1.807, 2.05) is 84.9 Å². The van der Waals surface area contributed by atoms with Crippen molar-refractivity contribution in [2.24, 2.45) is 10.7 Å². The number of hydrogen-bond donors (Lipinski definition) is 3. The molecule has 2 atom stereocenters. The maximum absolute atomic E-state index is 12.8. The van der Waals surface area contributed by atoms with Gasteiger partial charge in [-0.1, -0.05) is 78.9 Å². The highest BCUT2D eigenvalue weighted by Gasteiger charge is 2.28. The maximum Gasteiger partial charge on any atom is 0.269 e. The van der Waals surface area contributed by atoms with E-state index in [0.717, 1.165) is 16.7 Å². The number of hydrogen-bond acceptors (Lipinski definition) is 4. The first-order valence-electron chi connectivity index (χ1n) is 9.75. The van der Waals surface area contributed by atoms with Crippen molar-refractivity contribution in [1.29, 1.82) is 0 Å². The van der Waals surface area contributed by atoms with Crippen LogP contribution in [0.4, 0.5) is 5.69 Å². The zero-order chi connectivity index (χ0) is 20.9. The third kappa shape index (κ3) is 4.29. The number of carbonyl (C=O) groups is 2. The number of carbonyl (C=O) groups excluding carboxylic acids is 2. The van der Waals surface area contributed by atoms with Gasteiger partial charge in [0.15, 0.2) is 0 Å². The van der Waals surface area contributed by atoms with Crippen LogP contribution in [0.5, 0.6) is 0 Å². The smallest absolute Gasteiger partial charge is 0.269 e. The fourth-order valence-corrected chi connectivity index (χ4v) is 3.38. The van der Waals surface area contributed by atoms with E-state index in [0.29, 0.717) is 17.8 Å². The highest BCUT2D eigenvalue weighted by Crippen LogP contribution is 2.23. The molecule has 1 aliphatic heterocycles. The molecular formula is C24H22N4O2. The molecular weight excluding hydrogens is 376 g/mol. The molecule has 0 spiro atoms. The second-order valence-electron chi connectivity index (χ2n) is 7.09. The number of nitrogens with one attached hydrogen (secondary N) is 2. The molecule has 3 aromatic carbocycles. The molecule has 4 rings (SSSR count). The summed E-state index contributed by atoms with van der Waals surface area (Å²) >= 11 is 0. The Hall–Kier alpha value is -3.77. The monoisotopic (exact) mass is 398 g/mol. The van der Waals surface area contributed by atoms with Crippen LogP contribution in [0.25, 0.3) is 0 Å². The number of aliphatic imine (C=N–C) groups is 1. The Bertz CT molecular complexity index is 1080. The summed E-state index contributed by atoms with van der Waals surface area (Å²) in [6.07, 6.45) is -0.710. The minimum atomic E-state index is -1.08. The number of rotatable bonds is 5. The van der Waals surface area contributed by atoms with Crippen molar-refractivity contribution in [3.05, 3.63) is 102 Å². The zero-order valence-electron chi connectivity index (χ0n) is 16.3. The molecule has 0 fully saturated rings. The average Bonchev–Trinajstić information content (AvgIpc) is 2.91. The first kappa shape index (κ1) is 19.5. The lowest BCUT2D eigenvalue weighted by Crippen LogP contribution is -2.49. The van der Waals surface area contributed by atoms with Crippen LogP contribution >= 0.6 is 0 Å². The third-order valence-corrected chi connectivity index (χ3v) is 4.91. The quantitative estimate of drug-likeness (QED) is 0.616. The minimum Gasteiger partial charge on any atom is -0.325 e. The van der Waals surface area contributed by atoms with Gasteiger partial charge in [-0.25, -0.2) is 4.99 Å². The van der Waals surface area contributed by atoms with Gasteiger partial charge in [0, 0.05) is 11.1 Å². The Morgan fingerprint density at radius 2 is 1.60 bits per heavy atom. The molecule has 0 aliphatic carbocycles. The van der Waals surface area contributed by atoms with Gasteiger partial charge in [-0.3, -0.25) is 9.59 Å². The molecule has 1 aliphatic rings. The predicted octanol–water partition coefficient (Wildman–Crippen LogP) is 2.49. The predicted molar refractivity (Wildman–Crippen MR) is 117 cm³/mol. The molecule has 0 radical (unpaired) electrons. The molecule has 0 saturated heterocycles. The van der Waals surface area contributed by atoms with Crippen LogP contribution in [-0.2, 0) is 16.0 Å². The first-order chi connectivity index (χ1) is 14.6. The molecule has 6 heteroatoms. The van der Waals surface area contributed by atoms with Gasteiger partial charge in [-0.2, -0.15) is 0 Å². The Morgan fingerprint density at radius 3 is 2.33 bits per heavy atom. The van der Waals surface area contributed by atoms with Crippen LogP contribution < -0.4 is 16.4 Å². The molecule has 1 unspecified atom stereocenters. The van der Waals surface area contributed by atoms with Crippen molar-refractivity contribution in [2.75, 3.05) is 5.32 Å². The van der Waals surface area contributed by atoms with Gasteiger partial charge in [0.1, 0.15) is 0 Å². The molecule has 0 aromatic heterocycles. The van der Waals surface area contributed by atoms with Crippen LogP contribution in [0, 0.1) is 0 Å². The summed E-state index contributed by atoms with van der Waals surface area (Å²) in [5.41, 5.74) is 9.97. The lowest BCUT2D eigenvalue weighted by atomic mass is 10.0. The molecule has 150 valence electrons. The Morgan fingerprint density at radius 1 is 0.967 bits per heavy atom. The van der Waals surface area contributed by atoms with Crippen molar-refractivity contribution in [2.45, 2.75) is 18.6 Å². The fourth-order valence-electron chi connectivity index (χ4n) is 3.38. The topological polar surface area (TPSA) is 96.6 Å². The summed E-state index contributed by atoms with van der Waals surface area (Å²) < 4.78 is 0. The van der Waals surface area contributed by atoms with Gasteiger partial charge in [-0.05, 0) is 18.1 Å². The molecule has 0 saturated carbocycles. The fraction of sp³-hybridized carbons (Fsp3) is 0.125. The number of amides is 2. The minimum absolute atomic E-state index is 0.372. The van der Waals surface area contributed by atoms with Crippen LogP contribution in [-0.4, -0.2) is 29.7 Å². The average molecular weight is 398 g/mol. The largest absolute Gasteiger partial charge is 0.325 e. The van der Waals surface area contributed by atoms with E-state index in [9.17, 15) is 9.59 Å². The Labute approximate surface area is 174 Å². The van der Waals surface area contributed by atoms with Crippen LogP contribution in [0.15, 0.2) is 89.9 Å². The van der Waals surface area contributed by atoms with E-state index >= 15 is 0 Å². The maximum atomic E-state index is 12.8. The summed E-state index contributed by atoms with van der Waals surface area (Å²) in [6, 6.07) is 25.7.